The molecule has 2 N–H and O–H groups in total. The van der Waals surface area contributed by atoms with Crippen LogP contribution in [0, 0.1) is 6.92 Å². The number of rotatable bonds is 3. The normalized spacial score (nSPS) is 10.5. The lowest BCUT2D eigenvalue weighted by Crippen LogP contribution is -2.06. The molecule has 0 aliphatic rings. The Labute approximate surface area is 105 Å². The van der Waals surface area contributed by atoms with E-state index in [2.05, 4.69) is 5.10 Å². The van der Waals surface area contributed by atoms with Gasteiger partial charge in [-0.2, -0.15) is 5.10 Å². The minimum absolute atomic E-state index is 0.590. The van der Waals surface area contributed by atoms with Gasteiger partial charge in [-0.15, -0.1) is 0 Å². The highest BCUT2D eigenvalue weighted by Gasteiger charge is 2.06. The van der Waals surface area contributed by atoms with Crippen molar-refractivity contribution in [2.24, 2.45) is 0 Å². The van der Waals surface area contributed by atoms with E-state index < -0.39 is 0 Å². The number of hydrogen-bond donors (Lipinski definition) is 1. The predicted molar refractivity (Wildman–Crippen MR) is 68.5 cm³/mol. The lowest BCUT2D eigenvalue weighted by atomic mass is 10.2. The summed E-state index contributed by atoms with van der Waals surface area (Å²) in [5.74, 6) is 1.34. The number of benzene rings is 1. The van der Waals surface area contributed by atoms with Crippen molar-refractivity contribution in [2.45, 2.75) is 13.5 Å². The van der Waals surface area contributed by atoms with Crippen LogP contribution in [0.25, 0.3) is 0 Å². The maximum atomic E-state index is 6.05. The molecular formula is C12H14ClN3O. The predicted octanol–water partition coefficient (Wildman–Crippen LogP) is 2.48. The SMILES string of the molecule is COc1ccc(Cn2ncc(C)c2N)cc1Cl. The molecular weight excluding hydrogens is 238 g/mol. The van der Waals surface area contributed by atoms with Crippen LogP contribution >= 0.6 is 11.6 Å². The van der Waals surface area contributed by atoms with E-state index in [0.29, 0.717) is 23.1 Å². The van der Waals surface area contributed by atoms with Crippen LogP contribution in [-0.2, 0) is 6.54 Å². The van der Waals surface area contributed by atoms with E-state index in [4.69, 9.17) is 22.1 Å². The van der Waals surface area contributed by atoms with Crippen molar-refractivity contribution in [3.63, 3.8) is 0 Å². The Morgan fingerprint density at radius 1 is 1.47 bits per heavy atom. The van der Waals surface area contributed by atoms with Gasteiger partial charge >= 0.3 is 0 Å². The van der Waals surface area contributed by atoms with Crippen molar-refractivity contribution < 1.29 is 4.74 Å². The van der Waals surface area contributed by atoms with Gasteiger partial charge in [0.25, 0.3) is 0 Å². The maximum Gasteiger partial charge on any atom is 0.137 e. The van der Waals surface area contributed by atoms with Gasteiger partial charge < -0.3 is 10.5 Å². The van der Waals surface area contributed by atoms with Crippen LogP contribution in [0.4, 0.5) is 5.82 Å². The van der Waals surface area contributed by atoms with Crippen LogP contribution in [0.3, 0.4) is 0 Å². The molecule has 0 bridgehead atoms. The van der Waals surface area contributed by atoms with Crippen molar-refractivity contribution in [3.05, 3.63) is 40.5 Å². The summed E-state index contributed by atoms with van der Waals surface area (Å²) in [7, 11) is 1.59. The molecule has 0 atom stereocenters. The molecule has 1 aromatic heterocycles. The second kappa shape index (κ2) is 4.67. The van der Waals surface area contributed by atoms with E-state index in [1.54, 1.807) is 18.0 Å². The molecule has 0 aliphatic heterocycles. The number of anilines is 1. The van der Waals surface area contributed by atoms with Crippen LogP contribution in [-0.4, -0.2) is 16.9 Å². The van der Waals surface area contributed by atoms with Crippen molar-refractivity contribution in [3.8, 4) is 5.75 Å². The number of halogens is 1. The molecule has 0 radical (unpaired) electrons. The highest BCUT2D eigenvalue weighted by molar-refractivity contribution is 6.32. The van der Waals surface area contributed by atoms with Gasteiger partial charge in [0.15, 0.2) is 0 Å². The van der Waals surface area contributed by atoms with E-state index in [0.717, 1.165) is 11.1 Å². The number of hydrogen-bond acceptors (Lipinski definition) is 3. The van der Waals surface area contributed by atoms with E-state index >= 15 is 0 Å². The van der Waals surface area contributed by atoms with Gasteiger partial charge in [-0.05, 0) is 24.6 Å². The quantitative estimate of drug-likeness (QED) is 0.912. The van der Waals surface area contributed by atoms with Crippen molar-refractivity contribution >= 4 is 17.4 Å². The number of methoxy groups -OCH3 is 1. The van der Waals surface area contributed by atoms with Crippen molar-refractivity contribution in [2.75, 3.05) is 12.8 Å². The summed E-state index contributed by atoms with van der Waals surface area (Å²) in [6.45, 7) is 2.53. The van der Waals surface area contributed by atoms with E-state index in [1.807, 2.05) is 25.1 Å². The molecule has 1 aromatic carbocycles. The minimum Gasteiger partial charge on any atom is -0.495 e. The topological polar surface area (TPSA) is 53.1 Å². The molecule has 0 unspecified atom stereocenters. The summed E-state index contributed by atoms with van der Waals surface area (Å²) in [4.78, 5) is 0. The van der Waals surface area contributed by atoms with Gasteiger partial charge in [0.2, 0.25) is 0 Å². The second-order valence-corrected chi connectivity index (χ2v) is 4.25. The first kappa shape index (κ1) is 11.8. The summed E-state index contributed by atoms with van der Waals surface area (Å²) in [6.07, 6.45) is 1.75. The van der Waals surface area contributed by atoms with Crippen LogP contribution in [0.15, 0.2) is 24.4 Å². The smallest absolute Gasteiger partial charge is 0.137 e. The van der Waals surface area contributed by atoms with E-state index in [1.165, 1.54) is 0 Å². The standard InChI is InChI=1S/C12H14ClN3O/c1-8-6-15-16(12(8)14)7-9-3-4-11(17-2)10(13)5-9/h3-6H,7,14H2,1-2H3. The fraction of sp³-hybridized carbons (Fsp3) is 0.250. The maximum absolute atomic E-state index is 6.05. The van der Waals surface area contributed by atoms with Crippen LogP contribution in [0.5, 0.6) is 5.75 Å². The fourth-order valence-electron chi connectivity index (χ4n) is 1.60. The first-order chi connectivity index (χ1) is 8.11. The third-order valence-corrected chi connectivity index (χ3v) is 2.92. The average Bonchev–Trinajstić information content (AvgIpc) is 2.61. The van der Waals surface area contributed by atoms with Gasteiger partial charge in [0.05, 0.1) is 24.9 Å². The average molecular weight is 252 g/mol. The van der Waals surface area contributed by atoms with Gasteiger partial charge in [-0.1, -0.05) is 17.7 Å². The number of aromatic nitrogens is 2. The molecule has 2 rings (SSSR count). The van der Waals surface area contributed by atoms with E-state index in [9.17, 15) is 0 Å². The highest BCUT2D eigenvalue weighted by atomic mass is 35.5. The van der Waals surface area contributed by atoms with Gasteiger partial charge in [-0.25, -0.2) is 4.68 Å². The van der Waals surface area contributed by atoms with Crippen LogP contribution < -0.4 is 10.5 Å². The van der Waals surface area contributed by atoms with Gasteiger partial charge in [0.1, 0.15) is 11.6 Å². The summed E-state index contributed by atoms with van der Waals surface area (Å²) >= 11 is 6.05. The van der Waals surface area contributed by atoms with Crippen LogP contribution in [0.1, 0.15) is 11.1 Å². The summed E-state index contributed by atoms with van der Waals surface area (Å²) in [6, 6.07) is 5.64. The molecule has 0 aliphatic carbocycles. The zero-order chi connectivity index (χ0) is 12.4. The number of nitrogens with zero attached hydrogens (tertiary/aromatic N) is 2. The number of aryl methyl sites for hydroxylation is 1. The zero-order valence-corrected chi connectivity index (χ0v) is 10.5. The molecule has 0 fully saturated rings. The Balaban J connectivity index is 2.25. The summed E-state index contributed by atoms with van der Waals surface area (Å²) in [5.41, 5.74) is 7.90. The third kappa shape index (κ3) is 2.36. The monoisotopic (exact) mass is 251 g/mol. The number of nitrogens with two attached hydrogens (primary N) is 1. The minimum atomic E-state index is 0.590. The lowest BCUT2D eigenvalue weighted by molar-refractivity contribution is 0.415. The molecule has 2 aromatic rings. The lowest BCUT2D eigenvalue weighted by Gasteiger charge is -2.07. The van der Waals surface area contributed by atoms with Crippen molar-refractivity contribution in [1.82, 2.24) is 9.78 Å². The molecule has 0 spiro atoms. The molecule has 17 heavy (non-hydrogen) atoms. The second-order valence-electron chi connectivity index (χ2n) is 3.84. The Hall–Kier alpha value is -1.68. The zero-order valence-electron chi connectivity index (χ0n) is 9.77. The van der Waals surface area contributed by atoms with Crippen LogP contribution in [0.2, 0.25) is 5.02 Å². The Bertz CT molecular complexity index is 537. The molecule has 0 saturated heterocycles. The Morgan fingerprint density at radius 3 is 2.76 bits per heavy atom. The molecule has 5 heteroatoms. The fourth-order valence-corrected chi connectivity index (χ4v) is 1.88. The number of ether oxygens (including phenoxy) is 1. The Kier molecular flexibility index (Phi) is 3.24. The summed E-state index contributed by atoms with van der Waals surface area (Å²) in [5, 5.41) is 4.79. The van der Waals surface area contributed by atoms with Crippen molar-refractivity contribution in [1.29, 1.82) is 0 Å². The summed E-state index contributed by atoms with van der Waals surface area (Å²) < 4.78 is 6.84. The largest absolute Gasteiger partial charge is 0.495 e. The molecule has 90 valence electrons. The van der Waals surface area contributed by atoms with Gasteiger partial charge in [0, 0.05) is 5.56 Å². The molecule has 0 saturated carbocycles. The first-order valence-corrected chi connectivity index (χ1v) is 5.60. The Morgan fingerprint density at radius 2 is 2.24 bits per heavy atom. The van der Waals surface area contributed by atoms with Gasteiger partial charge in [-0.3, -0.25) is 0 Å². The third-order valence-electron chi connectivity index (χ3n) is 2.62. The first-order valence-electron chi connectivity index (χ1n) is 5.22. The highest BCUT2D eigenvalue weighted by Crippen LogP contribution is 2.25. The molecule has 0 amide bonds. The molecule has 4 nitrogen and oxygen atoms in total. The van der Waals surface area contributed by atoms with E-state index in [-0.39, 0.29) is 0 Å². The molecule has 1 heterocycles. The number of nitrogen functional groups attached to an aromatic ring is 1.